The number of aromatic nitrogens is 4. The number of likely N-dealkylation sites (tertiary alicyclic amines) is 1. The molecule has 22 heavy (non-hydrogen) atoms. The van der Waals surface area contributed by atoms with Crippen molar-refractivity contribution in [1.29, 1.82) is 0 Å². The second kappa shape index (κ2) is 6.14. The fourth-order valence-corrected chi connectivity index (χ4v) is 3.21. The van der Waals surface area contributed by atoms with Crippen molar-refractivity contribution in [2.24, 2.45) is 0 Å². The molecule has 6 heteroatoms. The van der Waals surface area contributed by atoms with E-state index >= 15 is 0 Å². The van der Waals surface area contributed by atoms with Crippen LogP contribution in [0.15, 0.2) is 24.5 Å². The Bertz CT molecular complexity index is 615. The molecule has 0 saturated carbocycles. The van der Waals surface area contributed by atoms with Crippen molar-refractivity contribution < 1.29 is 4.74 Å². The Hall–Kier alpha value is -1.79. The highest BCUT2D eigenvalue weighted by Gasteiger charge is 2.25. The van der Waals surface area contributed by atoms with Gasteiger partial charge in [-0.25, -0.2) is 9.67 Å². The van der Waals surface area contributed by atoms with Gasteiger partial charge in [-0.3, -0.25) is 9.88 Å². The standard InChI is InChI=1S/C16H21N5O/c1-2-9-20(8-1)11-15-18-16(13-5-10-22-12-13)19-21(15)14-3-6-17-7-4-14/h3-4,6-7,13H,1-2,5,8-12H2/t13-/m1/s1. The minimum absolute atomic E-state index is 0.334. The van der Waals surface area contributed by atoms with Crippen LogP contribution in [0.4, 0.5) is 0 Å². The highest BCUT2D eigenvalue weighted by molar-refractivity contribution is 5.29. The lowest BCUT2D eigenvalue weighted by molar-refractivity contribution is 0.193. The van der Waals surface area contributed by atoms with E-state index in [0.717, 1.165) is 56.6 Å². The van der Waals surface area contributed by atoms with Crippen LogP contribution in [0.25, 0.3) is 5.69 Å². The molecular weight excluding hydrogens is 278 g/mol. The van der Waals surface area contributed by atoms with E-state index < -0.39 is 0 Å². The molecule has 1 atom stereocenters. The van der Waals surface area contributed by atoms with Crippen molar-refractivity contribution in [1.82, 2.24) is 24.6 Å². The largest absolute Gasteiger partial charge is 0.381 e. The summed E-state index contributed by atoms with van der Waals surface area (Å²) in [4.78, 5) is 11.4. The van der Waals surface area contributed by atoms with Crippen LogP contribution in [0, 0.1) is 0 Å². The number of nitrogens with zero attached hydrogens (tertiary/aromatic N) is 5. The van der Waals surface area contributed by atoms with Gasteiger partial charge in [-0.15, -0.1) is 0 Å². The van der Waals surface area contributed by atoms with Crippen molar-refractivity contribution in [2.75, 3.05) is 26.3 Å². The van der Waals surface area contributed by atoms with Gasteiger partial charge in [-0.1, -0.05) is 0 Å². The quantitative estimate of drug-likeness (QED) is 0.861. The van der Waals surface area contributed by atoms with E-state index in [9.17, 15) is 0 Å². The first-order chi connectivity index (χ1) is 10.9. The first-order valence-electron chi connectivity index (χ1n) is 8.06. The van der Waals surface area contributed by atoms with Crippen LogP contribution >= 0.6 is 0 Å². The highest BCUT2D eigenvalue weighted by atomic mass is 16.5. The van der Waals surface area contributed by atoms with Gasteiger partial charge in [0, 0.05) is 24.9 Å². The SMILES string of the molecule is c1cc(-n2nc([C@@H]3CCOC3)nc2CN2CCCC2)ccn1. The van der Waals surface area contributed by atoms with Gasteiger partial charge in [0.1, 0.15) is 5.82 Å². The summed E-state index contributed by atoms with van der Waals surface area (Å²) in [7, 11) is 0. The Morgan fingerprint density at radius 2 is 2.00 bits per heavy atom. The van der Waals surface area contributed by atoms with Crippen molar-refractivity contribution in [3.8, 4) is 5.69 Å². The van der Waals surface area contributed by atoms with E-state index in [-0.39, 0.29) is 0 Å². The van der Waals surface area contributed by atoms with Gasteiger partial charge in [-0.2, -0.15) is 5.10 Å². The number of pyridine rings is 1. The fraction of sp³-hybridized carbons (Fsp3) is 0.562. The minimum Gasteiger partial charge on any atom is -0.381 e. The molecule has 0 radical (unpaired) electrons. The Kier molecular flexibility index (Phi) is 3.86. The molecule has 2 aliphatic rings. The fourth-order valence-electron chi connectivity index (χ4n) is 3.21. The molecule has 0 bridgehead atoms. The predicted molar refractivity (Wildman–Crippen MR) is 81.8 cm³/mol. The summed E-state index contributed by atoms with van der Waals surface area (Å²) in [6.45, 7) is 4.73. The van der Waals surface area contributed by atoms with Crippen molar-refractivity contribution in [3.63, 3.8) is 0 Å². The molecule has 116 valence electrons. The van der Waals surface area contributed by atoms with Crippen LogP contribution in [0.5, 0.6) is 0 Å². The summed E-state index contributed by atoms with van der Waals surface area (Å²) >= 11 is 0. The first-order valence-corrected chi connectivity index (χ1v) is 8.06. The van der Waals surface area contributed by atoms with Gasteiger partial charge in [0.15, 0.2) is 5.82 Å². The summed E-state index contributed by atoms with van der Waals surface area (Å²) < 4.78 is 7.47. The normalized spacial score (nSPS) is 22.5. The van der Waals surface area contributed by atoms with Gasteiger partial charge in [-0.05, 0) is 44.5 Å². The molecule has 0 spiro atoms. The molecule has 2 saturated heterocycles. The molecule has 4 heterocycles. The second-order valence-electron chi connectivity index (χ2n) is 6.05. The van der Waals surface area contributed by atoms with Crippen LogP contribution in [-0.2, 0) is 11.3 Å². The first kappa shape index (κ1) is 13.8. The monoisotopic (exact) mass is 299 g/mol. The van der Waals surface area contributed by atoms with E-state index in [1.54, 1.807) is 12.4 Å². The molecular formula is C16H21N5O. The topological polar surface area (TPSA) is 56.1 Å². The Balaban J connectivity index is 1.66. The zero-order valence-electron chi connectivity index (χ0n) is 12.7. The predicted octanol–water partition coefficient (Wildman–Crippen LogP) is 1.76. The van der Waals surface area contributed by atoms with E-state index in [4.69, 9.17) is 14.8 Å². The number of hydrogen-bond donors (Lipinski definition) is 0. The third-order valence-electron chi connectivity index (χ3n) is 4.46. The molecule has 0 amide bonds. The molecule has 2 aliphatic heterocycles. The summed E-state index contributed by atoms with van der Waals surface area (Å²) in [5.74, 6) is 2.28. The minimum atomic E-state index is 0.334. The molecule has 0 aromatic carbocycles. The summed E-state index contributed by atoms with van der Waals surface area (Å²) in [5.41, 5.74) is 1.03. The third-order valence-corrected chi connectivity index (χ3v) is 4.46. The van der Waals surface area contributed by atoms with Crippen molar-refractivity contribution in [3.05, 3.63) is 36.2 Å². The average molecular weight is 299 g/mol. The van der Waals surface area contributed by atoms with Crippen LogP contribution in [0.2, 0.25) is 0 Å². The molecule has 6 nitrogen and oxygen atoms in total. The lowest BCUT2D eigenvalue weighted by Gasteiger charge is -2.14. The maximum absolute atomic E-state index is 5.49. The molecule has 2 aromatic rings. The van der Waals surface area contributed by atoms with E-state index in [0.29, 0.717) is 5.92 Å². The van der Waals surface area contributed by atoms with Gasteiger partial charge >= 0.3 is 0 Å². The van der Waals surface area contributed by atoms with Crippen molar-refractivity contribution in [2.45, 2.75) is 31.7 Å². The molecule has 0 aliphatic carbocycles. The highest BCUT2D eigenvalue weighted by Crippen LogP contribution is 2.24. The Labute approximate surface area is 130 Å². The van der Waals surface area contributed by atoms with Gasteiger partial charge in [0.25, 0.3) is 0 Å². The maximum Gasteiger partial charge on any atom is 0.156 e. The van der Waals surface area contributed by atoms with Crippen LogP contribution in [0.3, 0.4) is 0 Å². The van der Waals surface area contributed by atoms with E-state index in [2.05, 4.69) is 9.88 Å². The molecule has 2 fully saturated rings. The average Bonchev–Trinajstić information content (AvgIpc) is 3.30. The summed E-state index contributed by atoms with van der Waals surface area (Å²) in [6.07, 6.45) is 7.19. The van der Waals surface area contributed by atoms with Crippen LogP contribution in [-0.4, -0.2) is 51.0 Å². The number of hydrogen-bond acceptors (Lipinski definition) is 5. The molecule has 4 rings (SSSR count). The number of rotatable bonds is 4. The lowest BCUT2D eigenvalue weighted by atomic mass is 10.1. The zero-order valence-corrected chi connectivity index (χ0v) is 12.7. The van der Waals surface area contributed by atoms with E-state index in [1.807, 2.05) is 16.8 Å². The number of ether oxygens (including phenoxy) is 1. The lowest BCUT2D eigenvalue weighted by Crippen LogP contribution is -2.21. The third kappa shape index (κ3) is 2.76. The molecule has 0 unspecified atom stereocenters. The van der Waals surface area contributed by atoms with Gasteiger partial charge < -0.3 is 4.74 Å². The van der Waals surface area contributed by atoms with Crippen LogP contribution in [0.1, 0.15) is 36.8 Å². The van der Waals surface area contributed by atoms with Gasteiger partial charge in [0.2, 0.25) is 0 Å². The molecule has 0 N–H and O–H groups in total. The Morgan fingerprint density at radius 3 is 2.73 bits per heavy atom. The summed E-state index contributed by atoms with van der Waals surface area (Å²) in [6, 6.07) is 3.97. The smallest absolute Gasteiger partial charge is 0.156 e. The summed E-state index contributed by atoms with van der Waals surface area (Å²) in [5, 5.41) is 4.78. The van der Waals surface area contributed by atoms with E-state index in [1.165, 1.54) is 12.8 Å². The second-order valence-corrected chi connectivity index (χ2v) is 6.05. The van der Waals surface area contributed by atoms with Crippen molar-refractivity contribution >= 4 is 0 Å². The Morgan fingerprint density at radius 1 is 1.18 bits per heavy atom. The van der Waals surface area contributed by atoms with Gasteiger partial charge in [0.05, 0.1) is 18.8 Å². The zero-order chi connectivity index (χ0) is 14.8. The maximum atomic E-state index is 5.49. The molecule has 2 aromatic heterocycles. The van der Waals surface area contributed by atoms with Crippen LogP contribution < -0.4 is 0 Å².